The van der Waals surface area contributed by atoms with E-state index in [0.717, 1.165) is 0 Å². The number of ether oxygens (including phenoxy) is 1. The van der Waals surface area contributed by atoms with Gasteiger partial charge in [0.15, 0.2) is 0 Å². The number of nitrogens with one attached hydrogen (secondary N) is 1. The summed E-state index contributed by atoms with van der Waals surface area (Å²) in [7, 11) is 3.06. The molecule has 0 saturated heterocycles. The van der Waals surface area contributed by atoms with Crippen molar-refractivity contribution in [1.29, 1.82) is 0 Å². The van der Waals surface area contributed by atoms with Crippen LogP contribution in [0.15, 0.2) is 24.3 Å². The predicted octanol–water partition coefficient (Wildman–Crippen LogP) is 1.10. The number of hydrogen-bond acceptors (Lipinski definition) is 4. The van der Waals surface area contributed by atoms with Gasteiger partial charge in [-0.25, -0.2) is 0 Å². The van der Waals surface area contributed by atoms with Crippen LogP contribution in [-0.4, -0.2) is 50.1 Å². The molecule has 1 unspecified atom stereocenters. The number of anilines is 1. The van der Waals surface area contributed by atoms with Gasteiger partial charge in [-0.1, -0.05) is 17.7 Å². The van der Waals surface area contributed by atoms with Crippen molar-refractivity contribution in [1.82, 2.24) is 4.90 Å². The molecular weight excluding hydrogens is 294 g/mol. The zero-order chi connectivity index (χ0) is 15.8. The van der Waals surface area contributed by atoms with E-state index in [-0.39, 0.29) is 37.4 Å². The molecule has 0 saturated carbocycles. The topological polar surface area (TPSA) is 84.7 Å². The molecule has 0 aliphatic rings. The fourth-order valence-electron chi connectivity index (χ4n) is 1.68. The molecule has 0 aliphatic heterocycles. The molecule has 0 aromatic heterocycles. The van der Waals surface area contributed by atoms with Crippen LogP contribution in [0.4, 0.5) is 5.69 Å². The maximum absolute atomic E-state index is 11.9. The second kappa shape index (κ2) is 8.61. The normalized spacial score (nSPS) is 11.8. The lowest BCUT2D eigenvalue weighted by Crippen LogP contribution is -2.38. The van der Waals surface area contributed by atoms with Gasteiger partial charge in [-0.05, 0) is 18.2 Å². The quantitative estimate of drug-likeness (QED) is 0.789. The highest BCUT2D eigenvalue weighted by Gasteiger charge is 2.17. The fourth-order valence-corrected chi connectivity index (χ4v) is 1.87. The van der Waals surface area contributed by atoms with E-state index in [0.29, 0.717) is 10.7 Å². The summed E-state index contributed by atoms with van der Waals surface area (Å²) in [6.07, 6.45) is -0.190. The van der Waals surface area contributed by atoms with Crippen molar-refractivity contribution in [2.24, 2.45) is 5.73 Å². The number of likely N-dealkylation sites (N-methyl/N-ethyl adjacent to an activating group) is 1. The third-order valence-corrected chi connectivity index (χ3v) is 3.15. The second-order valence-electron chi connectivity index (χ2n) is 4.61. The molecule has 1 rings (SSSR count). The lowest BCUT2D eigenvalue weighted by Gasteiger charge is -2.19. The summed E-state index contributed by atoms with van der Waals surface area (Å²) < 4.78 is 5.05. The van der Waals surface area contributed by atoms with Gasteiger partial charge >= 0.3 is 0 Å². The zero-order valence-electron chi connectivity index (χ0n) is 12.1. The molecule has 0 bridgehead atoms. The van der Waals surface area contributed by atoms with Crippen molar-refractivity contribution >= 4 is 29.1 Å². The smallest absolute Gasteiger partial charge is 0.243 e. The number of nitrogens with zero attached hydrogens (tertiary/aromatic N) is 1. The minimum atomic E-state index is -0.337. The van der Waals surface area contributed by atoms with Gasteiger partial charge in [-0.3, -0.25) is 9.59 Å². The summed E-state index contributed by atoms with van der Waals surface area (Å²) in [4.78, 5) is 25.1. The molecule has 1 atom stereocenters. The molecule has 21 heavy (non-hydrogen) atoms. The molecule has 2 amide bonds. The van der Waals surface area contributed by atoms with Crippen molar-refractivity contribution < 1.29 is 14.3 Å². The number of halogens is 1. The van der Waals surface area contributed by atoms with Crippen LogP contribution in [0.5, 0.6) is 0 Å². The van der Waals surface area contributed by atoms with Crippen LogP contribution >= 0.6 is 11.6 Å². The number of hydrogen-bond donors (Lipinski definition) is 2. The molecule has 6 nitrogen and oxygen atoms in total. The van der Waals surface area contributed by atoms with E-state index >= 15 is 0 Å². The van der Waals surface area contributed by atoms with Gasteiger partial charge in [0.1, 0.15) is 0 Å². The van der Waals surface area contributed by atoms with Gasteiger partial charge in [0.2, 0.25) is 11.8 Å². The molecule has 0 spiro atoms. The Labute approximate surface area is 129 Å². The molecule has 116 valence electrons. The van der Waals surface area contributed by atoms with Crippen LogP contribution in [0.2, 0.25) is 5.02 Å². The van der Waals surface area contributed by atoms with E-state index in [2.05, 4.69) is 5.32 Å². The van der Waals surface area contributed by atoms with Crippen LogP contribution < -0.4 is 11.1 Å². The van der Waals surface area contributed by atoms with E-state index in [1.807, 2.05) is 0 Å². The lowest BCUT2D eigenvalue weighted by molar-refractivity contribution is -0.135. The Hall–Kier alpha value is -1.63. The molecule has 0 aliphatic carbocycles. The highest BCUT2D eigenvalue weighted by Crippen LogP contribution is 2.14. The van der Waals surface area contributed by atoms with E-state index < -0.39 is 0 Å². The Morgan fingerprint density at radius 1 is 1.48 bits per heavy atom. The third-order valence-electron chi connectivity index (χ3n) is 2.91. The first-order valence-electron chi connectivity index (χ1n) is 6.48. The van der Waals surface area contributed by atoms with Crippen LogP contribution in [0, 0.1) is 0 Å². The van der Waals surface area contributed by atoms with E-state index in [1.54, 1.807) is 31.3 Å². The first kappa shape index (κ1) is 17.4. The maximum atomic E-state index is 11.9. The predicted molar refractivity (Wildman–Crippen MR) is 82.2 cm³/mol. The van der Waals surface area contributed by atoms with Gasteiger partial charge in [0.25, 0.3) is 0 Å². The maximum Gasteiger partial charge on any atom is 0.243 e. The van der Waals surface area contributed by atoms with Gasteiger partial charge in [0.05, 0.1) is 19.1 Å². The zero-order valence-corrected chi connectivity index (χ0v) is 12.9. The monoisotopic (exact) mass is 313 g/mol. The highest BCUT2D eigenvalue weighted by molar-refractivity contribution is 6.30. The standard InChI is InChI=1S/C14H20ClN3O3/c1-18(14(20)7-12(8-16)21-2)9-13(19)17-11-5-3-4-10(15)6-11/h3-6,12H,7-9,16H2,1-2H3,(H,17,19). The molecule has 7 heteroatoms. The lowest BCUT2D eigenvalue weighted by atomic mass is 10.2. The number of carbonyl (C=O) groups is 2. The Bertz CT molecular complexity index is 492. The first-order valence-corrected chi connectivity index (χ1v) is 6.86. The minimum Gasteiger partial charge on any atom is -0.380 e. The molecule has 0 radical (unpaired) electrons. The highest BCUT2D eigenvalue weighted by atomic mass is 35.5. The first-order chi connectivity index (χ1) is 9.96. The van der Waals surface area contributed by atoms with Crippen LogP contribution in [0.3, 0.4) is 0 Å². The Kier molecular flexibility index (Phi) is 7.14. The van der Waals surface area contributed by atoms with E-state index in [4.69, 9.17) is 22.1 Å². The average Bonchev–Trinajstić information content (AvgIpc) is 2.44. The summed E-state index contributed by atoms with van der Waals surface area (Å²) in [6, 6.07) is 6.81. The van der Waals surface area contributed by atoms with Crippen molar-refractivity contribution in [2.75, 3.05) is 32.6 Å². The summed E-state index contributed by atoms with van der Waals surface area (Å²) >= 11 is 5.83. The number of nitrogens with two attached hydrogens (primary N) is 1. The van der Waals surface area contributed by atoms with Crippen LogP contribution in [-0.2, 0) is 14.3 Å². The second-order valence-corrected chi connectivity index (χ2v) is 5.04. The van der Waals surface area contributed by atoms with Crippen molar-refractivity contribution in [2.45, 2.75) is 12.5 Å². The summed E-state index contributed by atoms with van der Waals surface area (Å²) in [5.41, 5.74) is 6.05. The van der Waals surface area contributed by atoms with Gasteiger partial charge < -0.3 is 20.7 Å². The largest absolute Gasteiger partial charge is 0.380 e. The number of amides is 2. The van der Waals surface area contributed by atoms with E-state index in [9.17, 15) is 9.59 Å². The molecule has 0 heterocycles. The Morgan fingerprint density at radius 2 is 2.19 bits per heavy atom. The van der Waals surface area contributed by atoms with Crippen LogP contribution in [0.1, 0.15) is 6.42 Å². The van der Waals surface area contributed by atoms with Gasteiger partial charge in [-0.2, -0.15) is 0 Å². The van der Waals surface area contributed by atoms with Crippen molar-refractivity contribution in [3.8, 4) is 0 Å². The summed E-state index contributed by atoms with van der Waals surface area (Å²) in [5, 5.41) is 3.21. The van der Waals surface area contributed by atoms with E-state index in [1.165, 1.54) is 12.0 Å². The number of methoxy groups -OCH3 is 1. The molecule has 3 N–H and O–H groups in total. The van der Waals surface area contributed by atoms with Gasteiger partial charge in [0, 0.05) is 31.4 Å². The Balaban J connectivity index is 2.48. The number of carbonyl (C=O) groups excluding carboxylic acids is 2. The van der Waals surface area contributed by atoms with Gasteiger partial charge in [-0.15, -0.1) is 0 Å². The van der Waals surface area contributed by atoms with Crippen molar-refractivity contribution in [3.05, 3.63) is 29.3 Å². The van der Waals surface area contributed by atoms with Crippen molar-refractivity contribution in [3.63, 3.8) is 0 Å². The number of rotatable bonds is 7. The Morgan fingerprint density at radius 3 is 2.76 bits per heavy atom. The third kappa shape index (κ3) is 6.12. The molecule has 1 aromatic carbocycles. The fraction of sp³-hybridized carbons (Fsp3) is 0.429. The van der Waals surface area contributed by atoms with Crippen LogP contribution in [0.25, 0.3) is 0 Å². The summed E-state index contributed by atoms with van der Waals surface area (Å²) in [5.74, 6) is -0.497. The molecule has 1 aromatic rings. The summed E-state index contributed by atoms with van der Waals surface area (Å²) in [6.45, 7) is 0.205. The minimum absolute atomic E-state index is 0.0493. The molecule has 0 fully saturated rings. The SMILES string of the molecule is COC(CN)CC(=O)N(C)CC(=O)Nc1cccc(Cl)c1. The average molecular weight is 314 g/mol. The molecular formula is C14H20ClN3O3. The number of benzene rings is 1.